The molecule has 1 N–H and O–H groups in total. The summed E-state index contributed by atoms with van der Waals surface area (Å²) in [7, 11) is 2.17. The maximum Gasteiger partial charge on any atom is 0.316 e. The summed E-state index contributed by atoms with van der Waals surface area (Å²) in [6, 6.07) is 27.0. The van der Waals surface area contributed by atoms with Gasteiger partial charge in [0.15, 0.2) is 0 Å². The van der Waals surface area contributed by atoms with Crippen molar-refractivity contribution in [2.24, 2.45) is 5.41 Å². The molecule has 1 aliphatic heterocycles. The molecule has 0 amide bonds. The predicted octanol–water partition coefficient (Wildman–Crippen LogP) is 6.12. The van der Waals surface area contributed by atoms with E-state index in [-0.39, 0.29) is 12.6 Å². The zero-order valence-electron chi connectivity index (χ0n) is 23.1. The van der Waals surface area contributed by atoms with Crippen molar-refractivity contribution >= 4 is 22.8 Å². The number of carbonyl (C=O) groups is 1. The van der Waals surface area contributed by atoms with Gasteiger partial charge in [0.25, 0.3) is 0 Å². The number of aliphatic hydroxyl groups excluding tert-OH is 1. The van der Waals surface area contributed by atoms with Crippen LogP contribution in [0.5, 0.6) is 5.75 Å². The van der Waals surface area contributed by atoms with E-state index in [2.05, 4.69) is 65.4 Å². The highest BCUT2D eigenvalue weighted by Gasteiger charge is 2.24. The maximum absolute atomic E-state index is 12.4. The largest absolute Gasteiger partial charge is 0.426 e. The van der Waals surface area contributed by atoms with E-state index >= 15 is 0 Å². The number of hydrogen-bond acceptors (Lipinski definition) is 5. The van der Waals surface area contributed by atoms with Gasteiger partial charge in [0.05, 0.1) is 5.41 Å². The quantitative estimate of drug-likeness (QED) is 0.224. The van der Waals surface area contributed by atoms with Gasteiger partial charge in [-0.3, -0.25) is 4.79 Å². The van der Waals surface area contributed by atoms with Crippen LogP contribution in [0.3, 0.4) is 0 Å². The number of aliphatic hydroxyl groups is 1. The van der Waals surface area contributed by atoms with Crippen LogP contribution in [0.25, 0.3) is 11.1 Å². The standard InChI is InChI=1S/C33H40N2O3/c1-33(2,3)32(37)38-29-18-14-27(15-19-29)31(30(11-8-24-36)25-9-6-5-7-10-25)26-12-16-28(17-13-26)35-22-20-34(4)21-23-35/h5-7,9-10,12-19,36H,8,11,20-24H2,1-4H3/b31-30+. The second-order valence-electron chi connectivity index (χ2n) is 11.0. The van der Waals surface area contributed by atoms with Gasteiger partial charge in [0, 0.05) is 38.5 Å². The Kier molecular flexibility index (Phi) is 9.03. The van der Waals surface area contributed by atoms with E-state index in [0.29, 0.717) is 12.2 Å². The van der Waals surface area contributed by atoms with Gasteiger partial charge >= 0.3 is 5.97 Å². The van der Waals surface area contributed by atoms with Gasteiger partial charge in [-0.15, -0.1) is 0 Å². The molecule has 0 unspecified atom stereocenters. The van der Waals surface area contributed by atoms with Crippen LogP contribution in [0.1, 0.15) is 50.3 Å². The summed E-state index contributed by atoms with van der Waals surface area (Å²) in [5, 5.41) is 9.69. The molecule has 38 heavy (non-hydrogen) atoms. The average Bonchev–Trinajstić information content (AvgIpc) is 2.92. The highest BCUT2D eigenvalue weighted by molar-refractivity contribution is 5.99. The summed E-state index contributed by atoms with van der Waals surface area (Å²) in [6.07, 6.45) is 1.42. The van der Waals surface area contributed by atoms with E-state index in [4.69, 9.17) is 4.74 Å². The van der Waals surface area contributed by atoms with Gasteiger partial charge in [-0.05, 0) is 92.8 Å². The Labute approximate surface area is 227 Å². The van der Waals surface area contributed by atoms with Crippen LogP contribution >= 0.6 is 0 Å². The van der Waals surface area contributed by atoms with E-state index in [1.54, 1.807) is 0 Å². The molecule has 0 spiro atoms. The number of rotatable bonds is 8. The van der Waals surface area contributed by atoms with Crippen LogP contribution in [-0.4, -0.2) is 55.8 Å². The SMILES string of the molecule is CN1CCN(c2ccc(/C(=C(/CCCO)c3ccccc3)c3ccc(OC(=O)C(C)(C)C)cc3)cc2)CC1. The molecule has 0 atom stereocenters. The third-order valence-electron chi connectivity index (χ3n) is 7.00. The Morgan fingerprint density at radius 3 is 1.95 bits per heavy atom. The Bertz CT molecular complexity index is 1220. The number of nitrogens with zero attached hydrogens (tertiary/aromatic N) is 2. The summed E-state index contributed by atoms with van der Waals surface area (Å²) in [5.74, 6) is 0.281. The topological polar surface area (TPSA) is 53.0 Å². The first-order valence-electron chi connectivity index (χ1n) is 13.5. The average molecular weight is 513 g/mol. The van der Waals surface area contributed by atoms with Crippen molar-refractivity contribution in [2.45, 2.75) is 33.6 Å². The lowest BCUT2D eigenvalue weighted by molar-refractivity contribution is -0.142. The van der Waals surface area contributed by atoms with E-state index in [1.165, 1.54) is 11.3 Å². The van der Waals surface area contributed by atoms with E-state index in [0.717, 1.165) is 54.9 Å². The molecule has 0 saturated carbocycles. The second kappa shape index (κ2) is 12.4. The van der Waals surface area contributed by atoms with Crippen LogP contribution in [-0.2, 0) is 4.79 Å². The number of carbonyl (C=O) groups excluding carboxylic acids is 1. The smallest absolute Gasteiger partial charge is 0.316 e. The summed E-state index contributed by atoms with van der Waals surface area (Å²) in [6.45, 7) is 9.87. The lowest BCUT2D eigenvalue weighted by atomic mass is 9.87. The Hall–Kier alpha value is -3.41. The number of esters is 1. The van der Waals surface area contributed by atoms with Gasteiger partial charge < -0.3 is 19.6 Å². The van der Waals surface area contributed by atoms with Crippen molar-refractivity contribution in [3.05, 3.63) is 95.6 Å². The highest BCUT2D eigenvalue weighted by Crippen LogP contribution is 2.36. The molecule has 1 heterocycles. The number of ether oxygens (including phenoxy) is 1. The fraction of sp³-hybridized carbons (Fsp3) is 0.364. The maximum atomic E-state index is 12.4. The van der Waals surface area contributed by atoms with Crippen molar-refractivity contribution in [1.29, 1.82) is 0 Å². The first-order chi connectivity index (χ1) is 18.3. The number of likely N-dealkylation sites (N-methyl/N-ethyl adjacent to an activating group) is 1. The molecule has 3 aromatic carbocycles. The van der Waals surface area contributed by atoms with Crippen LogP contribution in [0.4, 0.5) is 5.69 Å². The molecule has 1 aliphatic rings. The molecule has 5 nitrogen and oxygen atoms in total. The molecule has 200 valence electrons. The van der Waals surface area contributed by atoms with Gasteiger partial charge in [-0.1, -0.05) is 54.6 Å². The zero-order chi connectivity index (χ0) is 27.1. The molecule has 5 heteroatoms. The monoisotopic (exact) mass is 512 g/mol. The number of allylic oxidation sites excluding steroid dienone is 1. The lowest BCUT2D eigenvalue weighted by Crippen LogP contribution is -2.44. The van der Waals surface area contributed by atoms with E-state index < -0.39 is 5.41 Å². The Morgan fingerprint density at radius 2 is 1.39 bits per heavy atom. The molecule has 0 bridgehead atoms. The second-order valence-corrected chi connectivity index (χ2v) is 11.0. The minimum absolute atomic E-state index is 0.133. The zero-order valence-corrected chi connectivity index (χ0v) is 23.1. The summed E-state index contributed by atoms with van der Waals surface area (Å²) >= 11 is 0. The minimum Gasteiger partial charge on any atom is -0.426 e. The van der Waals surface area contributed by atoms with Gasteiger partial charge in [0.1, 0.15) is 5.75 Å². The molecule has 1 fully saturated rings. The van der Waals surface area contributed by atoms with Gasteiger partial charge in [0.2, 0.25) is 0 Å². The first-order valence-corrected chi connectivity index (χ1v) is 13.5. The fourth-order valence-electron chi connectivity index (χ4n) is 4.68. The molecule has 0 aromatic heterocycles. The van der Waals surface area contributed by atoms with Gasteiger partial charge in [-0.2, -0.15) is 0 Å². The summed E-state index contributed by atoms with van der Waals surface area (Å²) < 4.78 is 5.62. The van der Waals surface area contributed by atoms with E-state index in [9.17, 15) is 9.90 Å². The number of anilines is 1. The normalized spacial score (nSPS) is 15.2. The third kappa shape index (κ3) is 6.91. The predicted molar refractivity (Wildman–Crippen MR) is 156 cm³/mol. The van der Waals surface area contributed by atoms with Crippen molar-refractivity contribution in [3.63, 3.8) is 0 Å². The highest BCUT2D eigenvalue weighted by atomic mass is 16.5. The third-order valence-corrected chi connectivity index (χ3v) is 7.00. The van der Waals surface area contributed by atoms with Crippen molar-refractivity contribution in [3.8, 4) is 5.75 Å². The van der Waals surface area contributed by atoms with Crippen molar-refractivity contribution in [1.82, 2.24) is 4.90 Å². The molecular weight excluding hydrogens is 472 g/mol. The van der Waals surface area contributed by atoms with Crippen LogP contribution in [0.2, 0.25) is 0 Å². The molecule has 0 aliphatic carbocycles. The summed E-state index contributed by atoms with van der Waals surface area (Å²) in [5.41, 5.74) is 6.29. The Morgan fingerprint density at radius 1 is 0.816 bits per heavy atom. The van der Waals surface area contributed by atoms with Crippen LogP contribution < -0.4 is 9.64 Å². The minimum atomic E-state index is -0.569. The fourth-order valence-corrected chi connectivity index (χ4v) is 4.68. The number of piperazine rings is 1. The summed E-state index contributed by atoms with van der Waals surface area (Å²) in [4.78, 5) is 17.2. The van der Waals surface area contributed by atoms with Crippen molar-refractivity contribution in [2.75, 3.05) is 44.7 Å². The lowest BCUT2D eigenvalue weighted by Gasteiger charge is -2.34. The van der Waals surface area contributed by atoms with Crippen molar-refractivity contribution < 1.29 is 14.6 Å². The van der Waals surface area contributed by atoms with Gasteiger partial charge in [-0.25, -0.2) is 0 Å². The number of hydrogen-bond donors (Lipinski definition) is 1. The molecule has 0 radical (unpaired) electrons. The molecule has 1 saturated heterocycles. The van der Waals surface area contributed by atoms with Crippen LogP contribution in [0, 0.1) is 5.41 Å². The number of benzene rings is 3. The molecule has 4 rings (SSSR count). The molecular formula is C33H40N2O3. The Balaban J connectivity index is 1.75. The van der Waals surface area contributed by atoms with E-state index in [1.807, 2.05) is 51.1 Å². The van der Waals surface area contributed by atoms with Crippen LogP contribution in [0.15, 0.2) is 78.9 Å². The first kappa shape index (κ1) is 27.6. The molecule has 3 aromatic rings.